The monoisotopic (exact) mass is 404 g/mol. The third-order valence-corrected chi connectivity index (χ3v) is 7.55. The average molecular weight is 405 g/mol. The fourth-order valence-electron chi connectivity index (χ4n) is 4.66. The summed E-state index contributed by atoms with van der Waals surface area (Å²) in [6.07, 6.45) is 12.9. The predicted octanol–water partition coefficient (Wildman–Crippen LogP) is 5.37. The molecule has 1 saturated heterocycles. The van der Waals surface area contributed by atoms with Gasteiger partial charge in [0.2, 0.25) is 5.91 Å². The van der Waals surface area contributed by atoms with Crippen LogP contribution in [0.2, 0.25) is 0 Å². The third-order valence-electron chi connectivity index (χ3n) is 6.50. The molecule has 156 valence electrons. The second kappa shape index (κ2) is 10.00. The summed E-state index contributed by atoms with van der Waals surface area (Å²) in [5, 5.41) is 3.36. The van der Waals surface area contributed by atoms with E-state index in [-0.39, 0.29) is 13.3 Å². The number of Topliss-reactive ketones (excluding diaryl/α,β-unsaturated/α-hetero) is 1. The predicted molar refractivity (Wildman–Crippen MR) is 115 cm³/mol. The fourth-order valence-corrected chi connectivity index (χ4v) is 5.65. The molecule has 4 nitrogen and oxygen atoms in total. The largest absolute Gasteiger partial charge is 0.342 e. The molecule has 2 heterocycles. The van der Waals surface area contributed by atoms with Crippen LogP contribution in [0.3, 0.4) is 0 Å². The third kappa shape index (κ3) is 5.43. The smallest absolute Gasteiger partial charge is 0.225 e. The molecule has 1 unspecified atom stereocenters. The lowest BCUT2D eigenvalue weighted by atomic mass is 9.87. The lowest BCUT2D eigenvalue weighted by molar-refractivity contribution is -0.137. The first kappa shape index (κ1) is 21.5. The minimum Gasteiger partial charge on any atom is -0.342 e. The van der Waals surface area contributed by atoms with E-state index in [1.165, 1.54) is 24.3 Å². The molecule has 1 aromatic heterocycles. The van der Waals surface area contributed by atoms with E-state index in [1.807, 2.05) is 0 Å². The molecular formula is C23H36N2O2S. The summed E-state index contributed by atoms with van der Waals surface area (Å²) in [5.74, 6) is 1.90. The molecule has 3 fully saturated rings. The Kier molecular flexibility index (Phi) is 7.67. The molecule has 28 heavy (non-hydrogen) atoms. The van der Waals surface area contributed by atoms with E-state index in [0.717, 1.165) is 70.2 Å². The molecule has 0 radical (unpaired) electrons. The van der Waals surface area contributed by atoms with Crippen molar-refractivity contribution in [1.29, 1.82) is 0 Å². The topological polar surface area (TPSA) is 50.3 Å². The van der Waals surface area contributed by atoms with Gasteiger partial charge in [0.05, 0.1) is 10.7 Å². The van der Waals surface area contributed by atoms with Crippen molar-refractivity contribution < 1.29 is 9.59 Å². The highest BCUT2D eigenvalue weighted by molar-refractivity contribution is 7.09. The van der Waals surface area contributed by atoms with Crippen molar-refractivity contribution in [2.75, 3.05) is 13.1 Å². The molecule has 1 amide bonds. The van der Waals surface area contributed by atoms with Gasteiger partial charge in [-0.3, -0.25) is 9.59 Å². The zero-order valence-electron chi connectivity index (χ0n) is 16.3. The van der Waals surface area contributed by atoms with Gasteiger partial charge in [-0.1, -0.05) is 26.7 Å². The maximum Gasteiger partial charge on any atom is 0.225 e. The highest BCUT2D eigenvalue weighted by atomic mass is 32.1. The van der Waals surface area contributed by atoms with Gasteiger partial charge in [0.15, 0.2) is 0 Å². The number of ketones is 1. The van der Waals surface area contributed by atoms with E-state index >= 15 is 0 Å². The number of rotatable bonds is 7. The number of thiazole rings is 1. The molecule has 3 aliphatic rings. The van der Waals surface area contributed by atoms with Crippen LogP contribution in [0, 0.1) is 11.8 Å². The van der Waals surface area contributed by atoms with Crippen LogP contribution in [0.25, 0.3) is 0 Å². The van der Waals surface area contributed by atoms with Crippen molar-refractivity contribution in [3.05, 3.63) is 16.1 Å². The number of amides is 1. The maximum absolute atomic E-state index is 12.9. The molecule has 1 aromatic rings. The Bertz CT molecular complexity index is 661. The second-order valence-electron chi connectivity index (χ2n) is 8.73. The quantitative estimate of drug-likeness (QED) is 0.614. The molecule has 0 N–H and O–H groups in total. The second-order valence-corrected chi connectivity index (χ2v) is 9.62. The van der Waals surface area contributed by atoms with Crippen LogP contribution in [0.5, 0.6) is 0 Å². The summed E-state index contributed by atoms with van der Waals surface area (Å²) in [6.45, 7) is 1.77. The fraction of sp³-hybridized carbons (Fsp3) is 0.783. The summed E-state index contributed by atoms with van der Waals surface area (Å²) < 4.78 is 0. The number of hydrogen-bond donors (Lipinski definition) is 0. The Hall–Kier alpha value is -1.23. The van der Waals surface area contributed by atoms with Crippen LogP contribution in [0.4, 0.5) is 0 Å². The Morgan fingerprint density at radius 1 is 1.04 bits per heavy atom. The van der Waals surface area contributed by atoms with Crippen LogP contribution in [0.1, 0.15) is 94.7 Å². The Labute approximate surface area is 174 Å². The lowest BCUT2D eigenvalue weighted by Gasteiger charge is -2.35. The lowest BCUT2D eigenvalue weighted by Crippen LogP contribution is -2.42. The standard InChI is InChI=1S/C22H32N2O2S.CH4/c25-20(16-11-12-16)10-4-9-19-15-27-21(23-19)18-8-5-13-24(14-18)22(26)17-6-2-1-3-7-17;/h15-18H,1-14H2;1H4. The van der Waals surface area contributed by atoms with Crippen LogP contribution in [-0.4, -0.2) is 34.7 Å². The van der Waals surface area contributed by atoms with Crippen LogP contribution < -0.4 is 0 Å². The average Bonchev–Trinajstić information content (AvgIpc) is 3.47. The number of carbonyl (C=O) groups excluding carboxylic acids is 2. The van der Waals surface area contributed by atoms with Gasteiger partial charge in [-0.05, 0) is 51.4 Å². The highest BCUT2D eigenvalue weighted by Crippen LogP contribution is 2.33. The molecule has 5 heteroatoms. The maximum atomic E-state index is 12.9. The highest BCUT2D eigenvalue weighted by Gasteiger charge is 2.31. The first-order valence-electron chi connectivity index (χ1n) is 11.0. The minimum atomic E-state index is 0. The van der Waals surface area contributed by atoms with Crippen molar-refractivity contribution in [3.8, 4) is 0 Å². The van der Waals surface area contributed by atoms with Gasteiger partial charge in [0.1, 0.15) is 5.78 Å². The molecule has 1 aliphatic heterocycles. The molecule has 2 saturated carbocycles. The van der Waals surface area contributed by atoms with Gasteiger partial charge in [-0.15, -0.1) is 11.3 Å². The minimum absolute atomic E-state index is 0. The Morgan fingerprint density at radius 2 is 1.82 bits per heavy atom. The molecule has 0 aromatic carbocycles. The molecule has 2 aliphatic carbocycles. The van der Waals surface area contributed by atoms with Crippen molar-refractivity contribution in [1.82, 2.24) is 9.88 Å². The van der Waals surface area contributed by atoms with Gasteiger partial charge in [-0.2, -0.15) is 0 Å². The number of aryl methyl sites for hydroxylation is 1. The SMILES string of the molecule is C.O=C(CCCc1csc(C2CCCN(C(=O)C3CCCCC3)C2)n1)C1CC1. The van der Waals surface area contributed by atoms with E-state index in [1.54, 1.807) is 11.3 Å². The molecular weight excluding hydrogens is 368 g/mol. The van der Waals surface area contributed by atoms with Gasteiger partial charge in [0.25, 0.3) is 0 Å². The van der Waals surface area contributed by atoms with Gasteiger partial charge >= 0.3 is 0 Å². The van der Waals surface area contributed by atoms with Gasteiger partial charge < -0.3 is 4.90 Å². The van der Waals surface area contributed by atoms with Crippen molar-refractivity contribution in [2.24, 2.45) is 11.8 Å². The first-order chi connectivity index (χ1) is 13.2. The molecule has 4 rings (SSSR count). The van der Waals surface area contributed by atoms with Gasteiger partial charge in [-0.25, -0.2) is 4.98 Å². The summed E-state index contributed by atoms with van der Waals surface area (Å²) in [7, 11) is 0. The van der Waals surface area contributed by atoms with E-state index < -0.39 is 0 Å². The van der Waals surface area contributed by atoms with E-state index in [9.17, 15) is 9.59 Å². The Balaban J connectivity index is 0.00000225. The van der Waals surface area contributed by atoms with E-state index in [2.05, 4.69) is 10.3 Å². The number of piperidine rings is 1. The molecule has 0 spiro atoms. The zero-order chi connectivity index (χ0) is 18.6. The molecule has 1 atom stereocenters. The summed E-state index contributed by atoms with van der Waals surface area (Å²) in [4.78, 5) is 31.7. The summed E-state index contributed by atoms with van der Waals surface area (Å²) >= 11 is 1.75. The number of hydrogen-bond acceptors (Lipinski definition) is 4. The van der Waals surface area contributed by atoms with Crippen LogP contribution in [0.15, 0.2) is 5.38 Å². The summed E-state index contributed by atoms with van der Waals surface area (Å²) in [6, 6.07) is 0. The van der Waals surface area contributed by atoms with Gasteiger partial charge in [0, 0.05) is 42.6 Å². The van der Waals surface area contributed by atoms with Crippen molar-refractivity contribution >= 4 is 23.0 Å². The van der Waals surface area contributed by atoms with E-state index in [0.29, 0.717) is 29.9 Å². The number of nitrogens with zero attached hydrogens (tertiary/aromatic N) is 2. The Morgan fingerprint density at radius 3 is 2.57 bits per heavy atom. The van der Waals surface area contributed by atoms with E-state index in [4.69, 9.17) is 4.98 Å². The zero-order valence-corrected chi connectivity index (χ0v) is 17.1. The summed E-state index contributed by atoms with van der Waals surface area (Å²) in [5.41, 5.74) is 1.13. The number of carbonyl (C=O) groups is 2. The van der Waals surface area contributed by atoms with Crippen molar-refractivity contribution in [2.45, 2.75) is 90.4 Å². The normalized spacial score (nSPS) is 23.3. The molecule has 0 bridgehead atoms. The van der Waals surface area contributed by atoms with Crippen LogP contribution >= 0.6 is 11.3 Å². The first-order valence-corrected chi connectivity index (χ1v) is 11.8. The van der Waals surface area contributed by atoms with Crippen LogP contribution in [-0.2, 0) is 16.0 Å². The van der Waals surface area contributed by atoms with Crippen molar-refractivity contribution in [3.63, 3.8) is 0 Å². The number of aromatic nitrogens is 1. The number of likely N-dealkylation sites (tertiary alicyclic amines) is 1.